The van der Waals surface area contributed by atoms with Crippen LogP contribution in [0.25, 0.3) is 5.82 Å². The highest BCUT2D eigenvalue weighted by Crippen LogP contribution is 2.27. The van der Waals surface area contributed by atoms with Crippen molar-refractivity contribution in [3.05, 3.63) is 48.8 Å². The summed E-state index contributed by atoms with van der Waals surface area (Å²) in [5.74, 6) is 1.39. The van der Waals surface area contributed by atoms with E-state index < -0.39 is 0 Å². The van der Waals surface area contributed by atoms with E-state index in [9.17, 15) is 4.79 Å². The largest absolute Gasteiger partial charge is 0.372 e. The van der Waals surface area contributed by atoms with Crippen LogP contribution in [-0.4, -0.2) is 56.8 Å². The van der Waals surface area contributed by atoms with Crippen LogP contribution in [0.1, 0.15) is 19.4 Å². The number of amides is 1. The Morgan fingerprint density at radius 3 is 2.57 bits per heavy atom. The molecule has 1 saturated heterocycles. The molecule has 1 aliphatic rings. The second-order valence-electron chi connectivity index (χ2n) is 7.34. The summed E-state index contributed by atoms with van der Waals surface area (Å²) in [5, 5.41) is 7.17. The predicted molar refractivity (Wildman–Crippen MR) is 116 cm³/mol. The standard InChI is InChI=1S/C21H26N8O/c1-4-27(5-2)17-6-7-18(15(3)8-17)26-21(30)16-10-28(11-16)19-9-20(24-13-23-19)29-14-22-12-25-29/h6-9,12-14,16H,4-5,10-11H2,1-3H3,(H,26,30). The van der Waals surface area contributed by atoms with E-state index in [0.29, 0.717) is 18.9 Å². The molecule has 0 bridgehead atoms. The first-order valence-electron chi connectivity index (χ1n) is 10.2. The van der Waals surface area contributed by atoms with Crippen molar-refractivity contribution in [1.29, 1.82) is 0 Å². The number of benzene rings is 1. The number of aryl methyl sites for hydroxylation is 1. The highest BCUT2D eigenvalue weighted by molar-refractivity contribution is 5.95. The fourth-order valence-electron chi connectivity index (χ4n) is 3.60. The average Bonchev–Trinajstić information content (AvgIpc) is 3.25. The van der Waals surface area contributed by atoms with Gasteiger partial charge in [-0.2, -0.15) is 5.10 Å². The zero-order valence-electron chi connectivity index (χ0n) is 17.5. The third-order valence-corrected chi connectivity index (χ3v) is 5.46. The zero-order chi connectivity index (χ0) is 21.1. The van der Waals surface area contributed by atoms with Gasteiger partial charge in [-0.05, 0) is 44.5 Å². The fraction of sp³-hybridized carbons (Fsp3) is 0.381. The Morgan fingerprint density at radius 1 is 1.13 bits per heavy atom. The number of hydrogen-bond donors (Lipinski definition) is 1. The van der Waals surface area contributed by atoms with Crippen molar-refractivity contribution in [2.24, 2.45) is 5.92 Å². The number of carbonyl (C=O) groups is 1. The van der Waals surface area contributed by atoms with Crippen LogP contribution in [0, 0.1) is 12.8 Å². The average molecular weight is 406 g/mol. The summed E-state index contributed by atoms with van der Waals surface area (Å²) in [7, 11) is 0. The lowest BCUT2D eigenvalue weighted by Crippen LogP contribution is -2.52. The van der Waals surface area contributed by atoms with Gasteiger partial charge in [-0.25, -0.2) is 19.6 Å². The van der Waals surface area contributed by atoms with Crippen LogP contribution in [0.3, 0.4) is 0 Å². The third kappa shape index (κ3) is 3.96. The molecule has 1 fully saturated rings. The van der Waals surface area contributed by atoms with E-state index >= 15 is 0 Å². The van der Waals surface area contributed by atoms with Gasteiger partial charge in [0, 0.05) is 43.6 Å². The monoisotopic (exact) mass is 406 g/mol. The maximum Gasteiger partial charge on any atom is 0.231 e. The summed E-state index contributed by atoms with van der Waals surface area (Å²) in [6, 6.07) is 8.03. The van der Waals surface area contributed by atoms with Gasteiger partial charge in [0.1, 0.15) is 24.8 Å². The minimum Gasteiger partial charge on any atom is -0.372 e. The maximum absolute atomic E-state index is 12.7. The molecule has 0 unspecified atom stereocenters. The molecule has 9 nitrogen and oxygen atoms in total. The van der Waals surface area contributed by atoms with Gasteiger partial charge in [0.25, 0.3) is 0 Å². The summed E-state index contributed by atoms with van der Waals surface area (Å²) in [4.78, 5) is 29.5. The van der Waals surface area contributed by atoms with Crippen molar-refractivity contribution >= 4 is 23.1 Å². The second-order valence-corrected chi connectivity index (χ2v) is 7.34. The molecule has 1 aliphatic heterocycles. The lowest BCUT2D eigenvalue weighted by Gasteiger charge is -2.39. The van der Waals surface area contributed by atoms with Gasteiger partial charge in [0.05, 0.1) is 5.92 Å². The second kappa shape index (κ2) is 8.48. The highest BCUT2D eigenvalue weighted by atomic mass is 16.2. The lowest BCUT2D eigenvalue weighted by molar-refractivity contribution is -0.120. The molecule has 0 aliphatic carbocycles. The van der Waals surface area contributed by atoms with Gasteiger partial charge in [0.15, 0.2) is 5.82 Å². The van der Waals surface area contributed by atoms with Gasteiger partial charge >= 0.3 is 0 Å². The molecule has 30 heavy (non-hydrogen) atoms. The first-order valence-corrected chi connectivity index (χ1v) is 10.2. The molecule has 1 aromatic carbocycles. The van der Waals surface area contributed by atoms with Crippen LogP contribution in [-0.2, 0) is 4.79 Å². The van der Waals surface area contributed by atoms with E-state index in [1.165, 1.54) is 18.3 Å². The van der Waals surface area contributed by atoms with Crippen molar-refractivity contribution in [3.63, 3.8) is 0 Å². The summed E-state index contributed by atoms with van der Waals surface area (Å²) in [6.07, 6.45) is 4.55. The smallest absolute Gasteiger partial charge is 0.231 e. The normalized spacial score (nSPS) is 13.8. The molecule has 1 N–H and O–H groups in total. The zero-order valence-corrected chi connectivity index (χ0v) is 17.5. The van der Waals surface area contributed by atoms with Gasteiger partial charge < -0.3 is 15.1 Å². The number of aromatic nitrogens is 5. The molecule has 3 aromatic rings. The molecule has 0 radical (unpaired) electrons. The number of rotatable bonds is 7. The Kier molecular flexibility index (Phi) is 5.60. The molecule has 2 aromatic heterocycles. The van der Waals surface area contributed by atoms with Crippen LogP contribution in [0.15, 0.2) is 43.2 Å². The first-order chi connectivity index (χ1) is 14.6. The number of nitrogens with zero attached hydrogens (tertiary/aromatic N) is 7. The van der Waals surface area contributed by atoms with Crippen molar-refractivity contribution in [2.45, 2.75) is 20.8 Å². The summed E-state index contributed by atoms with van der Waals surface area (Å²) in [5.41, 5.74) is 3.11. The molecule has 0 atom stereocenters. The minimum absolute atomic E-state index is 0.0375. The van der Waals surface area contributed by atoms with E-state index in [-0.39, 0.29) is 11.8 Å². The topological polar surface area (TPSA) is 92.1 Å². The molecule has 9 heteroatoms. The first kappa shape index (κ1) is 19.8. The van der Waals surface area contributed by atoms with Gasteiger partial charge in [-0.1, -0.05) is 0 Å². The minimum atomic E-state index is -0.0726. The fourth-order valence-corrected chi connectivity index (χ4v) is 3.60. The molecule has 4 rings (SSSR count). The van der Waals surface area contributed by atoms with Crippen molar-refractivity contribution in [2.75, 3.05) is 41.3 Å². The number of nitrogens with one attached hydrogen (secondary N) is 1. The molecule has 1 amide bonds. The summed E-state index contributed by atoms with van der Waals surface area (Å²) < 4.78 is 1.58. The van der Waals surface area contributed by atoms with Crippen molar-refractivity contribution in [3.8, 4) is 5.82 Å². The number of carbonyl (C=O) groups excluding carboxylic acids is 1. The Balaban J connectivity index is 1.36. The SMILES string of the molecule is CCN(CC)c1ccc(NC(=O)C2CN(c3cc(-n4cncn4)ncn3)C2)c(C)c1. The summed E-state index contributed by atoms with van der Waals surface area (Å²) in [6.45, 7) is 9.48. The van der Waals surface area contributed by atoms with E-state index in [2.05, 4.69) is 61.1 Å². The predicted octanol–water partition coefficient (Wildman–Crippen LogP) is 2.29. The molecule has 0 saturated carbocycles. The van der Waals surface area contributed by atoms with E-state index in [0.717, 1.165) is 30.2 Å². The van der Waals surface area contributed by atoms with E-state index in [4.69, 9.17) is 0 Å². The van der Waals surface area contributed by atoms with Gasteiger partial charge in [0.2, 0.25) is 5.91 Å². The van der Waals surface area contributed by atoms with E-state index in [1.807, 2.05) is 19.1 Å². The maximum atomic E-state index is 12.7. The Labute approximate surface area is 175 Å². The Bertz CT molecular complexity index is 1010. The number of anilines is 3. The molecule has 3 heterocycles. The highest BCUT2D eigenvalue weighted by Gasteiger charge is 2.34. The lowest BCUT2D eigenvalue weighted by atomic mass is 9.98. The van der Waals surface area contributed by atoms with Crippen molar-refractivity contribution in [1.82, 2.24) is 24.7 Å². The Morgan fingerprint density at radius 2 is 1.90 bits per heavy atom. The van der Waals surface area contributed by atoms with Crippen LogP contribution in [0.2, 0.25) is 0 Å². The molecule has 156 valence electrons. The van der Waals surface area contributed by atoms with Gasteiger partial charge in [-0.3, -0.25) is 4.79 Å². The van der Waals surface area contributed by atoms with Crippen LogP contribution < -0.4 is 15.1 Å². The summed E-state index contributed by atoms with van der Waals surface area (Å²) >= 11 is 0. The van der Waals surface area contributed by atoms with Crippen LogP contribution in [0.4, 0.5) is 17.2 Å². The van der Waals surface area contributed by atoms with E-state index in [1.54, 1.807) is 11.0 Å². The third-order valence-electron chi connectivity index (χ3n) is 5.46. The van der Waals surface area contributed by atoms with Crippen LogP contribution in [0.5, 0.6) is 0 Å². The van der Waals surface area contributed by atoms with Crippen molar-refractivity contribution < 1.29 is 4.79 Å². The van der Waals surface area contributed by atoms with Crippen LogP contribution >= 0.6 is 0 Å². The van der Waals surface area contributed by atoms with Gasteiger partial charge in [-0.15, -0.1) is 0 Å². The molecular weight excluding hydrogens is 380 g/mol. The quantitative estimate of drug-likeness (QED) is 0.643. The number of hydrogen-bond acceptors (Lipinski definition) is 7. The Hall–Kier alpha value is -3.49. The molecular formula is C21H26N8O. The molecule has 0 spiro atoms.